The first kappa shape index (κ1) is 19.6. The number of hydrogen-bond donors (Lipinski definition) is 0. The van der Waals surface area contributed by atoms with E-state index in [1.54, 1.807) is 0 Å². The maximum Gasteiger partial charge on any atom is 0.0278 e. The Balaban J connectivity index is 1.61. The SMILES string of the molecule is Cc1ccc(C#Cc2ccc3cc(C#Cc4ccc(C)cc4C)ccc3c2)c(C)c1. The van der Waals surface area contributed by atoms with Gasteiger partial charge in [-0.15, -0.1) is 0 Å². The number of benzene rings is 4. The first-order valence-corrected chi connectivity index (χ1v) is 10.2. The highest BCUT2D eigenvalue weighted by Crippen LogP contribution is 2.18. The highest BCUT2D eigenvalue weighted by molar-refractivity contribution is 5.85. The van der Waals surface area contributed by atoms with Crippen LogP contribution in [0.25, 0.3) is 10.8 Å². The molecule has 0 nitrogen and oxygen atoms in total. The van der Waals surface area contributed by atoms with E-state index in [2.05, 4.69) is 124 Å². The number of aryl methyl sites for hydroxylation is 4. The van der Waals surface area contributed by atoms with Crippen molar-refractivity contribution < 1.29 is 0 Å². The van der Waals surface area contributed by atoms with E-state index < -0.39 is 0 Å². The van der Waals surface area contributed by atoms with E-state index in [0.29, 0.717) is 0 Å². The second kappa shape index (κ2) is 8.32. The Morgan fingerprint density at radius 2 is 0.867 bits per heavy atom. The smallest absolute Gasteiger partial charge is 0.0278 e. The van der Waals surface area contributed by atoms with Crippen LogP contribution in [0.5, 0.6) is 0 Å². The van der Waals surface area contributed by atoms with Crippen LogP contribution in [0.2, 0.25) is 0 Å². The van der Waals surface area contributed by atoms with Gasteiger partial charge in [-0.25, -0.2) is 0 Å². The van der Waals surface area contributed by atoms with E-state index >= 15 is 0 Å². The molecule has 0 heterocycles. The molecular formula is C30H24. The zero-order valence-corrected chi connectivity index (χ0v) is 17.9. The molecule has 0 atom stereocenters. The van der Waals surface area contributed by atoms with Crippen LogP contribution >= 0.6 is 0 Å². The molecule has 0 saturated carbocycles. The van der Waals surface area contributed by atoms with Crippen LogP contribution in [0.15, 0.2) is 72.8 Å². The first-order chi connectivity index (χ1) is 14.5. The normalized spacial score (nSPS) is 10.1. The summed E-state index contributed by atoms with van der Waals surface area (Å²) in [5, 5.41) is 2.36. The summed E-state index contributed by atoms with van der Waals surface area (Å²) < 4.78 is 0. The molecule has 0 fully saturated rings. The standard InChI is InChI=1S/C30H24/c1-21-5-11-27(23(3)17-21)13-7-25-9-15-30-20-26(10-16-29(30)19-25)8-14-28-12-6-22(2)18-24(28)4/h5-6,9-12,15-20H,1-4H3. The Bertz CT molecular complexity index is 1270. The number of hydrogen-bond acceptors (Lipinski definition) is 0. The lowest BCUT2D eigenvalue weighted by atomic mass is 10.0. The Kier molecular flexibility index (Phi) is 5.43. The third-order valence-electron chi connectivity index (χ3n) is 5.29. The third-order valence-corrected chi connectivity index (χ3v) is 5.29. The van der Waals surface area contributed by atoms with Crippen LogP contribution in [0.4, 0.5) is 0 Å². The van der Waals surface area contributed by atoms with Gasteiger partial charge in [0, 0.05) is 22.3 Å². The molecule has 0 saturated heterocycles. The van der Waals surface area contributed by atoms with Gasteiger partial charge in [-0.1, -0.05) is 71.2 Å². The van der Waals surface area contributed by atoms with Gasteiger partial charge in [0.05, 0.1) is 0 Å². The van der Waals surface area contributed by atoms with Gasteiger partial charge < -0.3 is 0 Å². The fraction of sp³-hybridized carbons (Fsp3) is 0.133. The van der Waals surface area contributed by atoms with Crippen molar-refractivity contribution in [2.45, 2.75) is 27.7 Å². The van der Waals surface area contributed by atoms with Gasteiger partial charge in [0.25, 0.3) is 0 Å². The topological polar surface area (TPSA) is 0 Å². The fourth-order valence-electron chi connectivity index (χ4n) is 3.59. The summed E-state index contributed by atoms with van der Waals surface area (Å²) in [7, 11) is 0. The van der Waals surface area contributed by atoms with E-state index in [1.165, 1.54) is 33.0 Å². The minimum atomic E-state index is 1.02. The fourth-order valence-corrected chi connectivity index (χ4v) is 3.59. The van der Waals surface area contributed by atoms with E-state index in [4.69, 9.17) is 0 Å². The monoisotopic (exact) mass is 384 g/mol. The predicted octanol–water partition coefficient (Wildman–Crippen LogP) is 6.87. The van der Waals surface area contributed by atoms with Crippen LogP contribution in [0.3, 0.4) is 0 Å². The molecule has 0 heteroatoms. The number of fused-ring (bicyclic) bond motifs is 1. The molecule has 0 bridgehead atoms. The summed E-state index contributed by atoms with van der Waals surface area (Å²) in [6, 6.07) is 25.5. The summed E-state index contributed by atoms with van der Waals surface area (Å²) in [4.78, 5) is 0. The van der Waals surface area contributed by atoms with Gasteiger partial charge in [-0.05, 0) is 86.0 Å². The molecule has 4 rings (SSSR count). The first-order valence-electron chi connectivity index (χ1n) is 10.2. The van der Waals surface area contributed by atoms with Crippen molar-refractivity contribution in [1.82, 2.24) is 0 Å². The van der Waals surface area contributed by atoms with Crippen molar-refractivity contribution in [3.63, 3.8) is 0 Å². The summed E-state index contributed by atoms with van der Waals surface area (Å²) >= 11 is 0. The van der Waals surface area contributed by atoms with Crippen LogP contribution in [-0.2, 0) is 0 Å². The summed E-state index contributed by atoms with van der Waals surface area (Å²) in [5.41, 5.74) is 9.18. The third kappa shape index (κ3) is 4.46. The second-order valence-corrected chi connectivity index (χ2v) is 7.91. The molecular weight excluding hydrogens is 360 g/mol. The Hall–Kier alpha value is -3.74. The highest BCUT2D eigenvalue weighted by Gasteiger charge is 1.99. The van der Waals surface area contributed by atoms with Crippen LogP contribution in [-0.4, -0.2) is 0 Å². The second-order valence-electron chi connectivity index (χ2n) is 7.91. The molecule has 0 spiro atoms. The zero-order chi connectivity index (χ0) is 21.1. The molecule has 4 aromatic rings. The zero-order valence-electron chi connectivity index (χ0n) is 17.9. The average Bonchev–Trinajstić information content (AvgIpc) is 2.72. The lowest BCUT2D eigenvalue weighted by Crippen LogP contribution is -1.85. The highest BCUT2D eigenvalue weighted by atomic mass is 14.0. The average molecular weight is 385 g/mol. The summed E-state index contributed by atoms with van der Waals surface area (Å²) in [6.07, 6.45) is 0. The van der Waals surface area contributed by atoms with E-state index in [9.17, 15) is 0 Å². The van der Waals surface area contributed by atoms with Crippen molar-refractivity contribution in [3.05, 3.63) is 117 Å². The Morgan fingerprint density at radius 1 is 0.433 bits per heavy atom. The van der Waals surface area contributed by atoms with Gasteiger partial charge in [-0.3, -0.25) is 0 Å². The Morgan fingerprint density at radius 3 is 1.27 bits per heavy atom. The lowest BCUT2D eigenvalue weighted by Gasteiger charge is -2.01. The van der Waals surface area contributed by atoms with E-state index in [0.717, 1.165) is 22.3 Å². The van der Waals surface area contributed by atoms with Crippen molar-refractivity contribution in [1.29, 1.82) is 0 Å². The molecule has 0 unspecified atom stereocenters. The summed E-state index contributed by atoms with van der Waals surface area (Å²) in [6.45, 7) is 8.43. The van der Waals surface area contributed by atoms with Crippen LogP contribution in [0.1, 0.15) is 44.5 Å². The number of rotatable bonds is 0. The molecule has 0 N–H and O–H groups in total. The maximum absolute atomic E-state index is 3.31. The largest absolute Gasteiger partial charge is 0.0616 e. The molecule has 0 aliphatic rings. The van der Waals surface area contributed by atoms with Crippen molar-refractivity contribution in [3.8, 4) is 23.7 Å². The molecule has 0 radical (unpaired) electrons. The minimum Gasteiger partial charge on any atom is -0.0616 e. The van der Waals surface area contributed by atoms with Gasteiger partial charge >= 0.3 is 0 Å². The van der Waals surface area contributed by atoms with Crippen molar-refractivity contribution >= 4 is 10.8 Å². The predicted molar refractivity (Wildman–Crippen MR) is 128 cm³/mol. The molecule has 30 heavy (non-hydrogen) atoms. The van der Waals surface area contributed by atoms with Crippen molar-refractivity contribution in [2.75, 3.05) is 0 Å². The summed E-state index contributed by atoms with van der Waals surface area (Å²) in [5.74, 6) is 13.2. The molecule has 0 aromatic heterocycles. The van der Waals surface area contributed by atoms with Crippen LogP contribution < -0.4 is 0 Å². The van der Waals surface area contributed by atoms with Gasteiger partial charge in [0.2, 0.25) is 0 Å². The quantitative estimate of drug-likeness (QED) is 0.290. The molecule has 0 aliphatic heterocycles. The van der Waals surface area contributed by atoms with Gasteiger partial charge in [0.1, 0.15) is 0 Å². The van der Waals surface area contributed by atoms with E-state index in [-0.39, 0.29) is 0 Å². The van der Waals surface area contributed by atoms with E-state index in [1.807, 2.05) is 0 Å². The Labute approximate surface area is 179 Å². The maximum atomic E-state index is 3.31. The van der Waals surface area contributed by atoms with Gasteiger partial charge in [-0.2, -0.15) is 0 Å². The molecule has 144 valence electrons. The molecule has 0 amide bonds. The van der Waals surface area contributed by atoms with Gasteiger partial charge in [0.15, 0.2) is 0 Å². The van der Waals surface area contributed by atoms with Crippen LogP contribution in [0, 0.1) is 51.4 Å². The lowest BCUT2D eigenvalue weighted by molar-refractivity contribution is 1.36. The van der Waals surface area contributed by atoms with Crippen molar-refractivity contribution in [2.24, 2.45) is 0 Å². The molecule has 4 aromatic carbocycles. The minimum absolute atomic E-state index is 1.02. The molecule has 0 aliphatic carbocycles.